The molecule has 1 rings (SSSR count). The second kappa shape index (κ2) is 3.99. The minimum absolute atomic E-state index is 0.705. The molecule has 2 heteroatoms. The van der Waals surface area contributed by atoms with Crippen molar-refractivity contribution in [3.8, 4) is 11.8 Å². The first kappa shape index (κ1) is 8.89. The van der Waals surface area contributed by atoms with Crippen molar-refractivity contribution in [3.05, 3.63) is 32.4 Å². The molecular weight excluding hydrogens is 270 g/mol. The molecule has 11 heavy (non-hydrogen) atoms. The molecule has 0 atom stereocenters. The molecule has 0 fully saturated rings. The topological polar surface area (TPSA) is 0 Å². The van der Waals surface area contributed by atoms with Crippen molar-refractivity contribution in [2.24, 2.45) is 0 Å². The Labute approximate surface area is 85.1 Å². The van der Waals surface area contributed by atoms with Gasteiger partial charge in [-0.15, -0.1) is 5.92 Å². The van der Waals surface area contributed by atoms with Gasteiger partial charge in [0.1, 0.15) is 0 Å². The van der Waals surface area contributed by atoms with Crippen LogP contribution in [0.2, 0.25) is 5.02 Å². The highest BCUT2D eigenvalue weighted by molar-refractivity contribution is 14.1. The number of rotatable bonds is 0. The predicted octanol–water partition coefficient (Wildman–Crippen LogP) is 3.12. The van der Waals surface area contributed by atoms with E-state index in [2.05, 4.69) is 40.5 Å². The van der Waals surface area contributed by atoms with Crippen LogP contribution in [0.25, 0.3) is 0 Å². The minimum atomic E-state index is 0.705. The molecule has 1 aromatic carbocycles. The zero-order valence-electron chi connectivity index (χ0n) is 5.91. The van der Waals surface area contributed by atoms with E-state index in [0.717, 1.165) is 9.13 Å². The Kier molecular flexibility index (Phi) is 3.22. The van der Waals surface area contributed by atoms with Crippen LogP contribution in [0.1, 0.15) is 12.5 Å². The zero-order valence-corrected chi connectivity index (χ0v) is 8.82. The largest absolute Gasteiger partial charge is 0.101 e. The quantitative estimate of drug-likeness (QED) is 0.504. The average molecular weight is 275 g/mol. The van der Waals surface area contributed by atoms with Crippen molar-refractivity contribution in [2.75, 3.05) is 0 Å². The Bertz CT molecular complexity index is 320. The molecule has 0 unspecified atom stereocenters. The molecule has 0 aliphatic carbocycles. The highest BCUT2D eigenvalue weighted by Gasteiger charge is 1.96. The summed E-state index contributed by atoms with van der Waals surface area (Å²) in [6, 6.07) is 6.59. The van der Waals surface area contributed by atoms with E-state index < -0.39 is 0 Å². The molecule has 0 spiro atoms. The van der Waals surface area contributed by atoms with E-state index in [1.54, 1.807) is 13.0 Å². The fraction of sp³-hybridized carbons (Fsp3) is 0.111. The number of hydrogen-bond acceptors (Lipinski definition) is 0. The third kappa shape index (κ3) is 2.39. The van der Waals surface area contributed by atoms with Crippen LogP contribution in [-0.4, -0.2) is 0 Å². The van der Waals surface area contributed by atoms with Crippen LogP contribution in [0.3, 0.4) is 0 Å². The molecule has 55 valence electrons. The van der Waals surface area contributed by atoms with Crippen LogP contribution in [-0.2, 0) is 0 Å². The summed E-state index contributed by atoms with van der Waals surface area (Å²) in [6.45, 7) is 1.80. The Morgan fingerprint density at radius 1 is 1.64 bits per heavy atom. The first-order valence-corrected chi connectivity index (χ1v) is 4.49. The molecule has 0 aromatic heterocycles. The summed E-state index contributed by atoms with van der Waals surface area (Å²) in [5.41, 5.74) is 0.914. The maximum absolute atomic E-state index is 5.73. The normalized spacial score (nSPS) is 8.64. The van der Waals surface area contributed by atoms with Gasteiger partial charge in [0.25, 0.3) is 0 Å². The summed E-state index contributed by atoms with van der Waals surface area (Å²) in [4.78, 5) is 0. The van der Waals surface area contributed by atoms with E-state index in [4.69, 9.17) is 11.6 Å². The molecule has 0 N–H and O–H groups in total. The van der Waals surface area contributed by atoms with E-state index in [1.165, 1.54) is 0 Å². The Morgan fingerprint density at radius 2 is 2.36 bits per heavy atom. The number of benzene rings is 1. The molecule has 0 nitrogen and oxygen atoms in total. The SMILES string of the molecule is CC#Cc1[c]cc(Cl)cc1I. The summed E-state index contributed by atoms with van der Waals surface area (Å²) in [5, 5.41) is 0.705. The molecule has 0 saturated heterocycles. The highest BCUT2D eigenvalue weighted by atomic mass is 127. The molecule has 0 heterocycles. The summed E-state index contributed by atoms with van der Waals surface area (Å²) in [7, 11) is 0. The van der Waals surface area contributed by atoms with Crippen molar-refractivity contribution >= 4 is 34.2 Å². The van der Waals surface area contributed by atoms with Gasteiger partial charge in [0.05, 0.1) is 0 Å². The molecule has 1 aromatic rings. The van der Waals surface area contributed by atoms with Gasteiger partial charge < -0.3 is 0 Å². The van der Waals surface area contributed by atoms with E-state index in [0.29, 0.717) is 5.02 Å². The third-order valence-corrected chi connectivity index (χ3v) is 2.18. The zero-order chi connectivity index (χ0) is 8.27. The van der Waals surface area contributed by atoms with Gasteiger partial charge in [-0.1, -0.05) is 17.5 Å². The fourth-order valence-electron chi connectivity index (χ4n) is 0.666. The maximum atomic E-state index is 5.73. The average Bonchev–Trinajstić information content (AvgIpc) is 1.95. The lowest BCUT2D eigenvalue weighted by Crippen LogP contribution is -1.80. The number of halogens is 2. The summed E-state index contributed by atoms with van der Waals surface area (Å²) < 4.78 is 1.05. The standard InChI is InChI=1S/C9H5ClI/c1-2-3-7-4-5-8(10)6-9(7)11/h5-6H,1H3. The van der Waals surface area contributed by atoms with Gasteiger partial charge in [-0.25, -0.2) is 0 Å². The smallest absolute Gasteiger partial charge is 0.0458 e. The summed E-state index contributed by atoms with van der Waals surface area (Å²) >= 11 is 7.92. The molecule has 0 aliphatic rings. The summed E-state index contributed by atoms with van der Waals surface area (Å²) in [6.07, 6.45) is 0. The molecule has 0 saturated carbocycles. The van der Waals surface area contributed by atoms with Crippen LogP contribution < -0.4 is 0 Å². The molecule has 0 aliphatic heterocycles. The van der Waals surface area contributed by atoms with E-state index in [9.17, 15) is 0 Å². The van der Waals surface area contributed by atoms with E-state index >= 15 is 0 Å². The van der Waals surface area contributed by atoms with Gasteiger partial charge >= 0.3 is 0 Å². The Hall–Kier alpha value is -0.200. The van der Waals surface area contributed by atoms with Gasteiger partial charge in [0.15, 0.2) is 0 Å². The number of hydrogen-bond donors (Lipinski definition) is 0. The van der Waals surface area contributed by atoms with Gasteiger partial charge in [0, 0.05) is 20.2 Å². The molecular formula is C9H5ClI. The fourth-order valence-corrected chi connectivity index (χ4v) is 1.64. The van der Waals surface area contributed by atoms with Crippen LogP contribution in [0.4, 0.5) is 0 Å². The lowest BCUT2D eigenvalue weighted by molar-refractivity contribution is 1.56. The highest BCUT2D eigenvalue weighted by Crippen LogP contribution is 2.16. The summed E-state index contributed by atoms with van der Waals surface area (Å²) in [5.74, 6) is 5.75. The van der Waals surface area contributed by atoms with Crippen molar-refractivity contribution < 1.29 is 0 Å². The van der Waals surface area contributed by atoms with Crippen molar-refractivity contribution in [3.63, 3.8) is 0 Å². The van der Waals surface area contributed by atoms with Crippen LogP contribution in [0.5, 0.6) is 0 Å². The van der Waals surface area contributed by atoms with Crippen molar-refractivity contribution in [1.29, 1.82) is 0 Å². The van der Waals surface area contributed by atoms with Crippen LogP contribution in [0, 0.1) is 21.5 Å². The molecule has 0 amide bonds. The second-order valence-electron chi connectivity index (χ2n) is 1.92. The van der Waals surface area contributed by atoms with Crippen LogP contribution in [0.15, 0.2) is 12.1 Å². The monoisotopic (exact) mass is 275 g/mol. The first-order valence-electron chi connectivity index (χ1n) is 3.03. The van der Waals surface area contributed by atoms with Crippen molar-refractivity contribution in [2.45, 2.75) is 6.92 Å². The lowest BCUT2D eigenvalue weighted by atomic mass is 10.2. The minimum Gasteiger partial charge on any atom is -0.101 e. The molecule has 0 bridgehead atoms. The van der Waals surface area contributed by atoms with Gasteiger partial charge in [-0.2, -0.15) is 0 Å². The second-order valence-corrected chi connectivity index (χ2v) is 3.51. The maximum Gasteiger partial charge on any atom is 0.0458 e. The van der Waals surface area contributed by atoms with Gasteiger partial charge in [0.2, 0.25) is 0 Å². The van der Waals surface area contributed by atoms with E-state index in [1.807, 2.05) is 6.07 Å². The Morgan fingerprint density at radius 3 is 2.91 bits per heavy atom. The first-order chi connectivity index (χ1) is 5.24. The Balaban J connectivity index is 3.16. The van der Waals surface area contributed by atoms with Gasteiger partial charge in [-0.05, 0) is 41.6 Å². The van der Waals surface area contributed by atoms with E-state index in [-0.39, 0.29) is 0 Å². The van der Waals surface area contributed by atoms with Crippen LogP contribution >= 0.6 is 34.2 Å². The van der Waals surface area contributed by atoms with Crippen molar-refractivity contribution in [1.82, 2.24) is 0 Å². The lowest BCUT2D eigenvalue weighted by Gasteiger charge is -1.94. The molecule has 1 radical (unpaired) electrons. The third-order valence-electron chi connectivity index (χ3n) is 1.11. The predicted molar refractivity (Wildman–Crippen MR) is 55.6 cm³/mol. The van der Waals surface area contributed by atoms with Gasteiger partial charge in [-0.3, -0.25) is 0 Å².